The Hall–Kier alpha value is -3.75. The van der Waals surface area contributed by atoms with Crippen LogP contribution in [-0.2, 0) is 11.8 Å². The summed E-state index contributed by atoms with van der Waals surface area (Å²) in [7, 11) is 1.86. The molecule has 0 aliphatic carbocycles. The highest BCUT2D eigenvalue weighted by Crippen LogP contribution is 2.31. The van der Waals surface area contributed by atoms with Crippen LogP contribution in [-0.4, -0.2) is 20.3 Å². The van der Waals surface area contributed by atoms with Crippen molar-refractivity contribution in [1.82, 2.24) is 14.3 Å². The minimum atomic E-state index is -0.649. The van der Waals surface area contributed by atoms with Gasteiger partial charge in [-0.25, -0.2) is 4.99 Å². The van der Waals surface area contributed by atoms with Gasteiger partial charge in [0.2, 0.25) is 0 Å². The van der Waals surface area contributed by atoms with Crippen LogP contribution in [0.5, 0.6) is 0 Å². The van der Waals surface area contributed by atoms with Gasteiger partial charge >= 0.3 is 0 Å². The molecule has 0 radical (unpaired) electrons. The van der Waals surface area contributed by atoms with E-state index in [1.165, 1.54) is 11.3 Å². The van der Waals surface area contributed by atoms with Gasteiger partial charge in [-0.15, -0.1) is 0 Å². The topological polar surface area (TPSA) is 81.3 Å². The van der Waals surface area contributed by atoms with Crippen molar-refractivity contribution in [2.45, 2.75) is 19.9 Å². The van der Waals surface area contributed by atoms with Crippen molar-refractivity contribution in [3.63, 3.8) is 0 Å². The number of aromatic nitrogens is 3. The second-order valence-electron chi connectivity index (χ2n) is 8.26. The number of nitrogens with zero attached hydrogens (tertiary/aromatic N) is 4. The molecular formula is C26H22ClN5O2S. The summed E-state index contributed by atoms with van der Waals surface area (Å²) in [6.45, 7) is 3.74. The van der Waals surface area contributed by atoms with E-state index in [0.717, 1.165) is 16.8 Å². The van der Waals surface area contributed by atoms with E-state index in [1.54, 1.807) is 34.5 Å². The van der Waals surface area contributed by atoms with Crippen LogP contribution in [0.4, 0.5) is 5.69 Å². The first-order chi connectivity index (χ1) is 16.8. The lowest BCUT2D eigenvalue weighted by atomic mass is 9.95. The second kappa shape index (κ2) is 9.13. The summed E-state index contributed by atoms with van der Waals surface area (Å²) in [5.74, 6) is -0.310. The van der Waals surface area contributed by atoms with Gasteiger partial charge in [-0.05, 0) is 49.8 Å². The Kier molecular flexibility index (Phi) is 6.00. The van der Waals surface area contributed by atoms with Gasteiger partial charge in [-0.1, -0.05) is 53.3 Å². The standard InChI is InChI=1S/C26H22ClN5O2S/c1-15-22(24(33)30-20-7-5-4-6-8-20)23(17-9-11-19(27)12-10-17)32-25(34)21(35-26(32)29-15)13-18-14-28-31(3)16(18)2/h4-14,23H,1-3H3,(H,30,33)/b21-13+. The zero-order chi connectivity index (χ0) is 24.7. The predicted octanol–water partition coefficient (Wildman–Crippen LogP) is 3.57. The van der Waals surface area contributed by atoms with Gasteiger partial charge in [0.15, 0.2) is 4.80 Å². The van der Waals surface area contributed by atoms with E-state index in [-0.39, 0.29) is 11.5 Å². The molecule has 0 saturated carbocycles. The number of anilines is 1. The highest BCUT2D eigenvalue weighted by atomic mass is 35.5. The molecule has 0 fully saturated rings. The molecule has 0 bridgehead atoms. The third-order valence-electron chi connectivity index (χ3n) is 6.04. The molecule has 9 heteroatoms. The van der Waals surface area contributed by atoms with E-state index in [2.05, 4.69) is 15.4 Å². The smallest absolute Gasteiger partial charge is 0.271 e. The van der Waals surface area contributed by atoms with Gasteiger partial charge in [0.1, 0.15) is 0 Å². The number of thiazole rings is 1. The average molecular weight is 504 g/mol. The summed E-state index contributed by atoms with van der Waals surface area (Å²) >= 11 is 7.44. The molecule has 1 unspecified atom stereocenters. The minimum Gasteiger partial charge on any atom is -0.322 e. The molecule has 3 heterocycles. The van der Waals surface area contributed by atoms with Crippen molar-refractivity contribution in [3.05, 3.63) is 114 Å². The Morgan fingerprint density at radius 3 is 2.49 bits per heavy atom. The molecule has 0 spiro atoms. The molecule has 35 heavy (non-hydrogen) atoms. The molecule has 1 aliphatic heterocycles. The van der Waals surface area contributed by atoms with Crippen molar-refractivity contribution in [1.29, 1.82) is 0 Å². The zero-order valence-electron chi connectivity index (χ0n) is 19.3. The summed E-state index contributed by atoms with van der Waals surface area (Å²) in [4.78, 5) is 32.4. The fourth-order valence-corrected chi connectivity index (χ4v) is 5.25. The highest BCUT2D eigenvalue weighted by Gasteiger charge is 2.32. The lowest BCUT2D eigenvalue weighted by Gasteiger charge is -2.25. The number of nitrogens with one attached hydrogen (secondary N) is 1. The van der Waals surface area contributed by atoms with Gasteiger partial charge in [0.25, 0.3) is 11.5 Å². The number of para-hydroxylation sites is 1. The Balaban J connectivity index is 1.69. The van der Waals surface area contributed by atoms with E-state index < -0.39 is 6.04 Å². The molecule has 5 rings (SSSR count). The minimum absolute atomic E-state index is 0.213. The van der Waals surface area contributed by atoms with Gasteiger partial charge in [-0.2, -0.15) is 5.10 Å². The third-order valence-corrected chi connectivity index (χ3v) is 7.28. The number of rotatable bonds is 4. The van der Waals surface area contributed by atoms with Crippen LogP contribution in [0.25, 0.3) is 6.08 Å². The Bertz CT molecular complexity index is 1650. The molecule has 1 aliphatic rings. The fourth-order valence-electron chi connectivity index (χ4n) is 4.09. The summed E-state index contributed by atoms with van der Waals surface area (Å²) in [6.07, 6.45) is 3.56. The lowest BCUT2D eigenvalue weighted by Crippen LogP contribution is -2.40. The molecule has 1 N–H and O–H groups in total. The first kappa shape index (κ1) is 23.0. The second-order valence-corrected chi connectivity index (χ2v) is 9.71. The first-order valence-corrected chi connectivity index (χ1v) is 12.2. The summed E-state index contributed by atoms with van der Waals surface area (Å²) in [6, 6.07) is 15.8. The summed E-state index contributed by atoms with van der Waals surface area (Å²) < 4.78 is 3.88. The fraction of sp³-hybridized carbons (Fsp3) is 0.154. The SMILES string of the molecule is CC1=C(C(=O)Nc2ccccc2)C(c2ccc(Cl)cc2)n2c(s/c(=C/c3cnn(C)c3C)c2=O)=N1. The largest absolute Gasteiger partial charge is 0.322 e. The van der Waals surface area contributed by atoms with Crippen molar-refractivity contribution in [2.24, 2.45) is 12.0 Å². The number of halogens is 1. The van der Waals surface area contributed by atoms with E-state index in [0.29, 0.717) is 31.3 Å². The number of benzene rings is 2. The number of carbonyl (C=O) groups excluding carboxylic acids is 1. The molecule has 0 saturated heterocycles. The number of aryl methyl sites for hydroxylation is 1. The number of allylic oxidation sites excluding steroid dienone is 1. The molecule has 1 atom stereocenters. The van der Waals surface area contributed by atoms with Crippen molar-refractivity contribution in [3.8, 4) is 0 Å². The zero-order valence-corrected chi connectivity index (χ0v) is 20.9. The Morgan fingerprint density at radius 1 is 1.11 bits per heavy atom. The van der Waals surface area contributed by atoms with Crippen LogP contribution >= 0.6 is 22.9 Å². The normalized spacial score (nSPS) is 15.7. The highest BCUT2D eigenvalue weighted by molar-refractivity contribution is 7.07. The van der Waals surface area contributed by atoms with Crippen LogP contribution in [0.3, 0.4) is 0 Å². The van der Waals surface area contributed by atoms with E-state index >= 15 is 0 Å². The van der Waals surface area contributed by atoms with Crippen LogP contribution in [0.15, 0.2) is 81.9 Å². The maximum Gasteiger partial charge on any atom is 0.271 e. The van der Waals surface area contributed by atoms with Gasteiger partial charge in [0.05, 0.1) is 28.0 Å². The number of amides is 1. The number of hydrogen-bond acceptors (Lipinski definition) is 5. The Morgan fingerprint density at radius 2 is 1.83 bits per heavy atom. The van der Waals surface area contributed by atoms with E-state index in [9.17, 15) is 9.59 Å². The first-order valence-electron chi connectivity index (χ1n) is 11.0. The quantitative estimate of drug-likeness (QED) is 0.462. The monoisotopic (exact) mass is 503 g/mol. The average Bonchev–Trinajstić information content (AvgIpc) is 3.32. The van der Waals surface area contributed by atoms with Crippen molar-refractivity contribution in [2.75, 3.05) is 5.32 Å². The van der Waals surface area contributed by atoms with Crippen molar-refractivity contribution < 1.29 is 4.79 Å². The molecule has 2 aromatic carbocycles. The Labute approximate surface area is 210 Å². The molecule has 7 nitrogen and oxygen atoms in total. The molecular weight excluding hydrogens is 482 g/mol. The molecule has 1 amide bonds. The lowest BCUT2D eigenvalue weighted by molar-refractivity contribution is -0.113. The van der Waals surface area contributed by atoms with Crippen LogP contribution in [0.1, 0.15) is 29.8 Å². The predicted molar refractivity (Wildman–Crippen MR) is 138 cm³/mol. The van der Waals surface area contributed by atoms with Crippen molar-refractivity contribution >= 4 is 40.6 Å². The summed E-state index contributed by atoms with van der Waals surface area (Å²) in [5, 5.41) is 7.79. The van der Waals surface area contributed by atoms with E-state index in [1.807, 2.05) is 62.5 Å². The third kappa shape index (κ3) is 4.26. The van der Waals surface area contributed by atoms with E-state index in [4.69, 9.17) is 11.6 Å². The molecule has 176 valence electrons. The maximum atomic E-state index is 13.7. The molecule has 2 aromatic heterocycles. The van der Waals surface area contributed by atoms with Gasteiger partial charge < -0.3 is 5.32 Å². The number of fused-ring (bicyclic) bond motifs is 1. The van der Waals surface area contributed by atoms with Crippen LogP contribution in [0.2, 0.25) is 5.02 Å². The van der Waals surface area contributed by atoms with Crippen LogP contribution in [0, 0.1) is 6.92 Å². The summed E-state index contributed by atoms with van der Waals surface area (Å²) in [5.41, 5.74) is 4.00. The van der Waals surface area contributed by atoms with Gasteiger partial charge in [0, 0.05) is 29.0 Å². The number of hydrogen-bond donors (Lipinski definition) is 1. The molecule has 4 aromatic rings. The number of carbonyl (C=O) groups is 1. The van der Waals surface area contributed by atoms with Gasteiger partial charge in [-0.3, -0.25) is 18.8 Å². The van der Waals surface area contributed by atoms with Crippen LogP contribution < -0.4 is 20.2 Å². The maximum absolute atomic E-state index is 13.7.